The zero-order valence-corrected chi connectivity index (χ0v) is 11.0. The molecule has 6 nitrogen and oxygen atoms in total. The molecule has 112 valence electrons. The van der Waals surface area contributed by atoms with Crippen LogP contribution in [0.4, 0.5) is 24.7 Å². The molecule has 2 rings (SSSR count). The van der Waals surface area contributed by atoms with E-state index in [1.807, 2.05) is 4.90 Å². The third kappa shape index (κ3) is 3.41. The van der Waals surface area contributed by atoms with Crippen LogP contribution in [0, 0.1) is 0 Å². The molecule has 1 fully saturated rings. The summed E-state index contributed by atoms with van der Waals surface area (Å²) in [6.45, 7) is 0.598. The standard InChI is InChI=1S/C11H16F3N5O/c1-20-10-8(15)9(16-7-17-10)19-4-2-18(3-5-19)6-11(12,13)14/h7H,2-6,15H2,1H3. The fourth-order valence-corrected chi connectivity index (χ4v) is 2.16. The predicted molar refractivity (Wildman–Crippen MR) is 67.7 cm³/mol. The van der Waals surface area contributed by atoms with Crippen molar-refractivity contribution in [3.8, 4) is 5.88 Å². The molecule has 0 aromatic carbocycles. The molecule has 0 radical (unpaired) electrons. The highest BCUT2D eigenvalue weighted by atomic mass is 19.4. The first-order valence-corrected chi connectivity index (χ1v) is 6.09. The first-order chi connectivity index (χ1) is 9.40. The first-order valence-electron chi connectivity index (χ1n) is 6.09. The second-order valence-corrected chi connectivity index (χ2v) is 4.50. The van der Waals surface area contributed by atoms with Crippen LogP contribution < -0.4 is 15.4 Å². The Bertz CT molecular complexity index is 460. The number of hydrogen-bond acceptors (Lipinski definition) is 6. The number of halogens is 3. The number of methoxy groups -OCH3 is 1. The number of nitrogens with zero attached hydrogens (tertiary/aromatic N) is 4. The van der Waals surface area contributed by atoms with Crippen molar-refractivity contribution in [1.82, 2.24) is 14.9 Å². The van der Waals surface area contributed by atoms with E-state index < -0.39 is 12.7 Å². The SMILES string of the molecule is COc1ncnc(N2CCN(CC(F)(F)F)CC2)c1N. The second kappa shape index (κ2) is 5.70. The van der Waals surface area contributed by atoms with Crippen LogP contribution in [0.15, 0.2) is 6.33 Å². The highest BCUT2D eigenvalue weighted by molar-refractivity contribution is 5.67. The molecule has 0 unspecified atom stereocenters. The summed E-state index contributed by atoms with van der Waals surface area (Å²) in [5.41, 5.74) is 6.18. The van der Waals surface area contributed by atoms with Crippen molar-refractivity contribution in [3.05, 3.63) is 6.33 Å². The van der Waals surface area contributed by atoms with Gasteiger partial charge in [-0.1, -0.05) is 0 Å². The fraction of sp³-hybridized carbons (Fsp3) is 0.636. The summed E-state index contributed by atoms with van der Waals surface area (Å²) in [5.74, 6) is 0.774. The van der Waals surface area contributed by atoms with Crippen LogP contribution in [-0.2, 0) is 0 Å². The van der Waals surface area contributed by atoms with E-state index in [4.69, 9.17) is 10.5 Å². The average Bonchev–Trinajstić information content (AvgIpc) is 2.38. The fourth-order valence-electron chi connectivity index (χ4n) is 2.16. The van der Waals surface area contributed by atoms with E-state index in [1.54, 1.807) is 0 Å². The van der Waals surface area contributed by atoms with Gasteiger partial charge in [-0.2, -0.15) is 18.2 Å². The van der Waals surface area contributed by atoms with Gasteiger partial charge in [0, 0.05) is 26.2 Å². The van der Waals surface area contributed by atoms with Gasteiger partial charge in [0.2, 0.25) is 5.88 Å². The second-order valence-electron chi connectivity index (χ2n) is 4.50. The number of anilines is 2. The third-order valence-electron chi connectivity index (χ3n) is 3.09. The summed E-state index contributed by atoms with van der Waals surface area (Å²) in [4.78, 5) is 11.2. The predicted octanol–water partition coefficient (Wildman–Crippen LogP) is 0.752. The summed E-state index contributed by atoms with van der Waals surface area (Å²) in [5, 5.41) is 0. The summed E-state index contributed by atoms with van der Waals surface area (Å²) >= 11 is 0. The average molecular weight is 291 g/mol. The number of hydrogen-bond donors (Lipinski definition) is 1. The molecular formula is C11H16F3N5O. The van der Waals surface area contributed by atoms with Gasteiger partial charge in [0.15, 0.2) is 5.82 Å². The van der Waals surface area contributed by atoms with E-state index >= 15 is 0 Å². The first kappa shape index (κ1) is 14.6. The highest BCUT2D eigenvalue weighted by Crippen LogP contribution is 2.28. The van der Waals surface area contributed by atoms with E-state index in [9.17, 15) is 13.2 Å². The van der Waals surface area contributed by atoms with Gasteiger partial charge >= 0.3 is 6.18 Å². The lowest BCUT2D eigenvalue weighted by Crippen LogP contribution is -2.49. The van der Waals surface area contributed by atoms with E-state index in [0.717, 1.165) is 0 Å². The topological polar surface area (TPSA) is 67.5 Å². The number of ether oxygens (including phenoxy) is 1. The minimum atomic E-state index is -4.17. The van der Waals surface area contributed by atoms with E-state index in [2.05, 4.69) is 9.97 Å². The van der Waals surface area contributed by atoms with Crippen LogP contribution in [0.3, 0.4) is 0 Å². The van der Waals surface area contributed by atoms with Crippen molar-refractivity contribution in [3.63, 3.8) is 0 Å². The number of nitrogens with two attached hydrogens (primary N) is 1. The van der Waals surface area contributed by atoms with Crippen LogP contribution in [0.1, 0.15) is 0 Å². The van der Waals surface area contributed by atoms with Gasteiger partial charge in [-0.25, -0.2) is 4.98 Å². The Kier molecular flexibility index (Phi) is 4.17. The lowest BCUT2D eigenvalue weighted by Gasteiger charge is -2.36. The van der Waals surface area contributed by atoms with Gasteiger partial charge in [-0.15, -0.1) is 0 Å². The van der Waals surface area contributed by atoms with Crippen molar-refractivity contribution >= 4 is 11.5 Å². The molecular weight excluding hydrogens is 275 g/mol. The van der Waals surface area contributed by atoms with Gasteiger partial charge in [-0.05, 0) is 0 Å². The van der Waals surface area contributed by atoms with E-state index in [1.165, 1.54) is 18.3 Å². The highest BCUT2D eigenvalue weighted by Gasteiger charge is 2.32. The minimum Gasteiger partial charge on any atom is -0.479 e. The quantitative estimate of drug-likeness (QED) is 0.886. The van der Waals surface area contributed by atoms with Crippen molar-refractivity contribution in [2.45, 2.75) is 6.18 Å². The molecule has 2 N–H and O–H groups in total. The number of aromatic nitrogens is 2. The molecule has 20 heavy (non-hydrogen) atoms. The van der Waals surface area contributed by atoms with Crippen molar-refractivity contribution in [2.75, 3.05) is 50.5 Å². The Balaban J connectivity index is 2.01. The zero-order chi connectivity index (χ0) is 14.8. The van der Waals surface area contributed by atoms with Gasteiger partial charge < -0.3 is 15.4 Å². The maximum atomic E-state index is 12.3. The number of nitrogen functional groups attached to an aromatic ring is 1. The van der Waals surface area contributed by atoms with Crippen molar-refractivity contribution in [2.24, 2.45) is 0 Å². The Labute approximate surface area is 114 Å². The number of alkyl halides is 3. The number of rotatable bonds is 3. The van der Waals surface area contributed by atoms with Crippen molar-refractivity contribution < 1.29 is 17.9 Å². The van der Waals surface area contributed by atoms with E-state index in [0.29, 0.717) is 37.7 Å². The van der Waals surface area contributed by atoms with Gasteiger partial charge in [0.05, 0.1) is 13.7 Å². The van der Waals surface area contributed by atoms with Crippen LogP contribution in [-0.4, -0.2) is 60.9 Å². The molecule has 0 saturated carbocycles. The zero-order valence-electron chi connectivity index (χ0n) is 11.0. The summed E-state index contributed by atoms with van der Waals surface area (Å²) in [7, 11) is 1.45. The van der Waals surface area contributed by atoms with Crippen LogP contribution in [0.25, 0.3) is 0 Å². The molecule has 0 atom stereocenters. The summed E-state index contributed by atoms with van der Waals surface area (Å²) < 4.78 is 41.9. The van der Waals surface area contributed by atoms with Gasteiger partial charge in [0.1, 0.15) is 12.0 Å². The van der Waals surface area contributed by atoms with Gasteiger partial charge in [-0.3, -0.25) is 4.90 Å². The summed E-state index contributed by atoms with van der Waals surface area (Å²) in [6, 6.07) is 0. The molecule has 0 amide bonds. The monoisotopic (exact) mass is 291 g/mol. The molecule has 0 spiro atoms. The molecule has 1 aliphatic heterocycles. The molecule has 0 bridgehead atoms. The lowest BCUT2D eigenvalue weighted by atomic mass is 10.3. The van der Waals surface area contributed by atoms with Crippen LogP contribution in [0.5, 0.6) is 5.88 Å². The Morgan fingerprint density at radius 2 is 1.90 bits per heavy atom. The normalized spacial score (nSPS) is 17.3. The van der Waals surface area contributed by atoms with Crippen LogP contribution >= 0.6 is 0 Å². The van der Waals surface area contributed by atoms with Gasteiger partial charge in [0.25, 0.3) is 0 Å². The Hall–Kier alpha value is -1.77. The van der Waals surface area contributed by atoms with Crippen LogP contribution in [0.2, 0.25) is 0 Å². The minimum absolute atomic E-state index is 0.271. The molecule has 1 aliphatic rings. The Morgan fingerprint density at radius 1 is 1.25 bits per heavy atom. The lowest BCUT2D eigenvalue weighted by molar-refractivity contribution is -0.146. The molecule has 1 aromatic rings. The molecule has 1 saturated heterocycles. The third-order valence-corrected chi connectivity index (χ3v) is 3.09. The summed E-state index contributed by atoms with van der Waals surface area (Å²) in [6.07, 6.45) is -2.84. The maximum absolute atomic E-state index is 12.3. The Morgan fingerprint density at radius 3 is 2.45 bits per heavy atom. The molecule has 9 heteroatoms. The molecule has 2 heterocycles. The molecule has 0 aliphatic carbocycles. The van der Waals surface area contributed by atoms with Crippen molar-refractivity contribution in [1.29, 1.82) is 0 Å². The smallest absolute Gasteiger partial charge is 0.401 e. The largest absolute Gasteiger partial charge is 0.479 e. The maximum Gasteiger partial charge on any atom is 0.401 e. The number of piperazine rings is 1. The van der Waals surface area contributed by atoms with E-state index in [-0.39, 0.29) is 5.88 Å². The molecule has 1 aromatic heterocycles.